The normalized spacial score (nSPS) is 12.9. The third kappa shape index (κ3) is 4.34. The van der Waals surface area contributed by atoms with Gasteiger partial charge in [0.2, 0.25) is 0 Å². The SMILES string of the molecule is CC(C)c1cccc(C(C)C)c1-c1ccc2c(c1)oc1ccc(-c3cc(C(C)C(C)C)ccn3)cc12. The molecule has 0 aliphatic heterocycles. The van der Waals surface area contributed by atoms with Crippen molar-refractivity contribution in [2.24, 2.45) is 5.92 Å². The van der Waals surface area contributed by atoms with Crippen molar-refractivity contribution in [2.75, 3.05) is 0 Å². The van der Waals surface area contributed by atoms with Crippen molar-refractivity contribution in [1.29, 1.82) is 0 Å². The minimum Gasteiger partial charge on any atom is -0.456 e. The molecule has 5 aromatic rings. The van der Waals surface area contributed by atoms with E-state index < -0.39 is 0 Å². The topological polar surface area (TPSA) is 26.0 Å². The van der Waals surface area contributed by atoms with Crippen molar-refractivity contribution in [3.63, 3.8) is 0 Å². The van der Waals surface area contributed by atoms with E-state index in [0.29, 0.717) is 23.7 Å². The van der Waals surface area contributed by atoms with E-state index in [1.807, 2.05) is 6.20 Å². The molecule has 0 aliphatic carbocycles. The largest absolute Gasteiger partial charge is 0.456 e. The van der Waals surface area contributed by atoms with Crippen LogP contribution >= 0.6 is 0 Å². The molecule has 2 aromatic heterocycles. The van der Waals surface area contributed by atoms with Gasteiger partial charge in [-0.2, -0.15) is 0 Å². The maximum atomic E-state index is 6.38. The zero-order valence-corrected chi connectivity index (χ0v) is 22.6. The predicted octanol–water partition coefficient (Wildman–Crippen LogP) is 10.3. The van der Waals surface area contributed by atoms with Gasteiger partial charge in [0.25, 0.3) is 0 Å². The van der Waals surface area contributed by atoms with Crippen molar-refractivity contribution < 1.29 is 4.42 Å². The number of furan rings is 1. The summed E-state index contributed by atoms with van der Waals surface area (Å²) in [6.07, 6.45) is 1.94. The number of rotatable bonds is 6. The quantitative estimate of drug-likeness (QED) is 0.244. The van der Waals surface area contributed by atoms with Gasteiger partial charge >= 0.3 is 0 Å². The van der Waals surface area contributed by atoms with E-state index >= 15 is 0 Å². The minimum absolute atomic E-state index is 0.453. The average Bonchev–Trinajstić information content (AvgIpc) is 3.24. The second kappa shape index (κ2) is 9.58. The standard InChI is InChI=1S/C34H37NO/c1-20(2)23(7)24-15-16-35-31(18-24)25-12-14-32-30(17-25)29-13-11-26(19-33(29)36-32)34-27(21(3)4)9-8-10-28(34)22(5)6/h8-23H,1-7H3. The highest BCUT2D eigenvalue weighted by molar-refractivity contribution is 6.07. The third-order valence-electron chi connectivity index (χ3n) is 7.74. The number of fused-ring (bicyclic) bond motifs is 3. The summed E-state index contributed by atoms with van der Waals surface area (Å²) in [7, 11) is 0. The van der Waals surface area contributed by atoms with Crippen molar-refractivity contribution in [1.82, 2.24) is 4.98 Å². The van der Waals surface area contributed by atoms with Crippen molar-refractivity contribution >= 4 is 21.9 Å². The van der Waals surface area contributed by atoms with Gasteiger partial charge in [0.05, 0.1) is 5.69 Å². The van der Waals surface area contributed by atoms with Crippen LogP contribution in [-0.2, 0) is 0 Å². The molecule has 2 heteroatoms. The lowest BCUT2D eigenvalue weighted by Crippen LogP contribution is -2.02. The van der Waals surface area contributed by atoms with Gasteiger partial charge in [-0.1, -0.05) is 72.7 Å². The minimum atomic E-state index is 0.453. The highest BCUT2D eigenvalue weighted by Gasteiger charge is 2.18. The van der Waals surface area contributed by atoms with Crippen molar-refractivity contribution in [2.45, 2.75) is 66.2 Å². The number of benzene rings is 3. The summed E-state index contributed by atoms with van der Waals surface area (Å²) in [5.74, 6) is 1.99. The lowest BCUT2D eigenvalue weighted by atomic mass is 9.85. The van der Waals surface area contributed by atoms with Crippen LogP contribution in [0.4, 0.5) is 0 Å². The van der Waals surface area contributed by atoms with Gasteiger partial charge in [-0.15, -0.1) is 0 Å². The van der Waals surface area contributed by atoms with Crippen LogP contribution in [0.15, 0.2) is 77.3 Å². The number of hydrogen-bond acceptors (Lipinski definition) is 2. The molecule has 2 nitrogen and oxygen atoms in total. The van der Waals surface area contributed by atoms with E-state index in [0.717, 1.165) is 33.2 Å². The van der Waals surface area contributed by atoms with Crippen LogP contribution in [0.2, 0.25) is 0 Å². The first-order valence-electron chi connectivity index (χ1n) is 13.3. The zero-order chi connectivity index (χ0) is 25.6. The second-order valence-electron chi connectivity index (χ2n) is 11.2. The highest BCUT2D eigenvalue weighted by atomic mass is 16.3. The van der Waals surface area contributed by atoms with Crippen molar-refractivity contribution in [3.05, 3.63) is 89.6 Å². The Labute approximate surface area is 215 Å². The number of pyridine rings is 1. The zero-order valence-electron chi connectivity index (χ0n) is 22.6. The molecule has 0 spiro atoms. The Bertz CT molecular complexity index is 1510. The van der Waals surface area contributed by atoms with Crippen LogP contribution in [0.25, 0.3) is 44.3 Å². The van der Waals surface area contributed by atoms with E-state index in [-0.39, 0.29) is 0 Å². The summed E-state index contributed by atoms with van der Waals surface area (Å²) >= 11 is 0. The molecule has 0 N–H and O–H groups in total. The molecule has 5 rings (SSSR count). The molecule has 184 valence electrons. The maximum Gasteiger partial charge on any atom is 0.136 e. The van der Waals surface area contributed by atoms with Gasteiger partial charge in [0, 0.05) is 22.5 Å². The number of nitrogens with zero attached hydrogens (tertiary/aromatic N) is 1. The Balaban J connectivity index is 1.62. The van der Waals surface area contributed by atoms with E-state index in [4.69, 9.17) is 9.40 Å². The molecule has 0 saturated carbocycles. The first-order chi connectivity index (χ1) is 17.2. The van der Waals surface area contributed by atoms with Gasteiger partial charge in [0.15, 0.2) is 0 Å². The monoisotopic (exact) mass is 475 g/mol. The van der Waals surface area contributed by atoms with E-state index in [1.54, 1.807) is 0 Å². The summed E-state index contributed by atoms with van der Waals surface area (Å²) in [5, 5.41) is 2.29. The molecule has 0 radical (unpaired) electrons. The molecule has 3 aromatic carbocycles. The molecule has 0 fully saturated rings. The Morgan fingerprint density at radius 3 is 2.00 bits per heavy atom. The summed E-state index contributed by atoms with van der Waals surface area (Å²) in [5.41, 5.74) is 10.7. The number of hydrogen-bond donors (Lipinski definition) is 0. The third-order valence-corrected chi connectivity index (χ3v) is 7.74. The maximum absolute atomic E-state index is 6.38. The first-order valence-corrected chi connectivity index (χ1v) is 13.3. The summed E-state index contributed by atoms with van der Waals surface area (Å²) in [6, 6.07) is 24.3. The molecule has 0 aliphatic rings. The molecular weight excluding hydrogens is 438 g/mol. The molecular formula is C34H37NO. The Morgan fingerprint density at radius 2 is 1.33 bits per heavy atom. The van der Waals surface area contributed by atoms with Gasteiger partial charge < -0.3 is 4.42 Å². The Morgan fingerprint density at radius 1 is 0.639 bits per heavy atom. The summed E-state index contributed by atoms with van der Waals surface area (Å²) < 4.78 is 6.38. The smallest absolute Gasteiger partial charge is 0.136 e. The van der Waals surface area contributed by atoms with Crippen LogP contribution in [0.5, 0.6) is 0 Å². The van der Waals surface area contributed by atoms with E-state index in [9.17, 15) is 0 Å². The van der Waals surface area contributed by atoms with Gasteiger partial charge in [-0.05, 0) is 94.0 Å². The molecule has 0 amide bonds. The van der Waals surface area contributed by atoms with Crippen LogP contribution in [0.3, 0.4) is 0 Å². The number of aromatic nitrogens is 1. The Hall–Kier alpha value is -3.39. The molecule has 1 unspecified atom stereocenters. The molecule has 0 bridgehead atoms. The van der Waals surface area contributed by atoms with Crippen molar-refractivity contribution in [3.8, 4) is 22.4 Å². The molecule has 2 heterocycles. The second-order valence-corrected chi connectivity index (χ2v) is 11.2. The fraction of sp³-hybridized carbons (Fsp3) is 0.324. The fourth-order valence-corrected chi connectivity index (χ4v) is 5.25. The summed E-state index contributed by atoms with van der Waals surface area (Å²) in [4.78, 5) is 4.70. The summed E-state index contributed by atoms with van der Waals surface area (Å²) in [6.45, 7) is 15.9. The fourth-order valence-electron chi connectivity index (χ4n) is 5.25. The molecule has 0 saturated heterocycles. The lowest BCUT2D eigenvalue weighted by molar-refractivity contribution is 0.535. The van der Waals surface area contributed by atoms with Crippen LogP contribution < -0.4 is 0 Å². The lowest BCUT2D eigenvalue weighted by Gasteiger charge is -2.20. The molecule has 36 heavy (non-hydrogen) atoms. The molecule has 1 atom stereocenters. The average molecular weight is 476 g/mol. The van der Waals surface area contributed by atoms with Crippen LogP contribution in [0.1, 0.15) is 82.9 Å². The van der Waals surface area contributed by atoms with Gasteiger partial charge in [-0.25, -0.2) is 0 Å². The Kier molecular flexibility index (Phi) is 6.47. The van der Waals surface area contributed by atoms with E-state index in [2.05, 4.69) is 115 Å². The van der Waals surface area contributed by atoms with Crippen LogP contribution in [-0.4, -0.2) is 4.98 Å². The highest BCUT2D eigenvalue weighted by Crippen LogP contribution is 2.39. The van der Waals surface area contributed by atoms with Gasteiger partial charge in [-0.3, -0.25) is 4.98 Å². The van der Waals surface area contributed by atoms with E-state index in [1.165, 1.54) is 27.8 Å². The van der Waals surface area contributed by atoms with Crippen LogP contribution in [0, 0.1) is 5.92 Å². The predicted molar refractivity (Wildman–Crippen MR) is 154 cm³/mol. The van der Waals surface area contributed by atoms with Gasteiger partial charge in [0.1, 0.15) is 11.2 Å². The first kappa shape index (κ1) is 24.3.